The zero-order chi connectivity index (χ0) is 22.1. The highest BCUT2D eigenvalue weighted by Gasteiger charge is 2.20. The van der Waals surface area contributed by atoms with Crippen LogP contribution in [0, 0.1) is 0 Å². The molecule has 2 rings (SSSR count). The first-order valence-electron chi connectivity index (χ1n) is 9.49. The van der Waals surface area contributed by atoms with Crippen molar-refractivity contribution in [3.05, 3.63) is 59.1 Å². The molecule has 0 fully saturated rings. The van der Waals surface area contributed by atoms with E-state index in [4.69, 9.17) is 16.3 Å². The molecule has 0 unspecified atom stereocenters. The normalized spacial score (nSPS) is 11.4. The minimum Gasteiger partial charge on any atom is -0.491 e. The van der Waals surface area contributed by atoms with E-state index in [0.29, 0.717) is 23.7 Å². The molecule has 0 aliphatic rings. The van der Waals surface area contributed by atoms with Crippen LogP contribution in [0.3, 0.4) is 0 Å². The Kier molecular flexibility index (Phi) is 9.33. The molecule has 0 aromatic heterocycles. The third kappa shape index (κ3) is 8.08. The Balaban J connectivity index is 1.86. The van der Waals surface area contributed by atoms with E-state index in [-0.39, 0.29) is 18.6 Å². The topological polar surface area (TPSA) is 75.7 Å². The number of rotatable bonds is 11. The third-order valence-electron chi connectivity index (χ3n) is 3.97. The maximum Gasteiger partial charge on any atom is 0.240 e. The Hall–Kier alpha value is -1.90. The molecule has 1 N–H and O–H groups in total. The minimum atomic E-state index is -3.61. The molecule has 2 aromatic rings. The quantitative estimate of drug-likeness (QED) is 0.503. The predicted octanol–water partition coefficient (Wildman–Crippen LogP) is 3.94. The van der Waals surface area contributed by atoms with Gasteiger partial charge in [-0.1, -0.05) is 29.8 Å². The molecule has 164 valence electrons. The van der Waals surface area contributed by atoms with Crippen LogP contribution in [0.4, 0.5) is 5.69 Å². The Bertz CT molecular complexity index is 934. The molecule has 1 amide bonds. The van der Waals surface area contributed by atoms with Crippen LogP contribution < -0.4 is 14.4 Å². The van der Waals surface area contributed by atoms with Crippen LogP contribution >= 0.6 is 23.4 Å². The van der Waals surface area contributed by atoms with Crippen molar-refractivity contribution >= 4 is 45.0 Å². The predicted molar refractivity (Wildman–Crippen MR) is 125 cm³/mol. The molecule has 0 radical (unpaired) electrons. The molecule has 6 nitrogen and oxygen atoms in total. The van der Waals surface area contributed by atoms with E-state index in [1.54, 1.807) is 36.0 Å². The van der Waals surface area contributed by atoms with Crippen molar-refractivity contribution in [3.63, 3.8) is 0 Å². The van der Waals surface area contributed by atoms with Gasteiger partial charge in [0.1, 0.15) is 12.3 Å². The highest BCUT2D eigenvalue weighted by Crippen LogP contribution is 2.22. The van der Waals surface area contributed by atoms with Gasteiger partial charge in [-0.25, -0.2) is 8.42 Å². The van der Waals surface area contributed by atoms with E-state index in [0.717, 1.165) is 26.9 Å². The van der Waals surface area contributed by atoms with E-state index < -0.39 is 10.0 Å². The van der Waals surface area contributed by atoms with E-state index in [2.05, 4.69) is 5.32 Å². The van der Waals surface area contributed by atoms with Crippen molar-refractivity contribution in [2.45, 2.75) is 25.7 Å². The highest BCUT2D eigenvalue weighted by atomic mass is 35.5. The summed E-state index contributed by atoms with van der Waals surface area (Å²) in [7, 11) is -3.61. The molecule has 0 atom stereocenters. The zero-order valence-corrected chi connectivity index (χ0v) is 19.7. The second-order valence-corrected chi connectivity index (χ2v) is 10.3. The number of nitrogens with zero attached hydrogens (tertiary/aromatic N) is 1. The van der Waals surface area contributed by atoms with Crippen molar-refractivity contribution in [1.82, 2.24) is 5.32 Å². The Labute approximate surface area is 188 Å². The summed E-state index contributed by atoms with van der Waals surface area (Å²) in [6, 6.07) is 14.3. The minimum absolute atomic E-state index is 0.0171. The van der Waals surface area contributed by atoms with Crippen molar-refractivity contribution < 1.29 is 17.9 Å². The summed E-state index contributed by atoms with van der Waals surface area (Å²) in [5.74, 6) is 1.72. The summed E-state index contributed by atoms with van der Waals surface area (Å²) >= 11 is 7.77. The number of thioether (sulfide) groups is 1. The van der Waals surface area contributed by atoms with Gasteiger partial charge in [0.25, 0.3) is 0 Å². The standard InChI is InChI=1S/C21H27ClN2O4S2/c1-16(2)28-19-10-8-18(9-11-19)24(30(3,26)27)14-21(25)23-12-13-29-15-17-6-4-5-7-20(17)22/h4-11,16H,12-15H2,1-3H3,(H,23,25). The summed E-state index contributed by atoms with van der Waals surface area (Å²) < 4.78 is 31.0. The first-order valence-corrected chi connectivity index (χ1v) is 12.9. The number of nitrogens with one attached hydrogen (secondary N) is 1. The summed E-state index contributed by atoms with van der Waals surface area (Å²) in [6.07, 6.45) is 1.10. The summed E-state index contributed by atoms with van der Waals surface area (Å²) in [6.45, 7) is 3.98. The fourth-order valence-electron chi connectivity index (χ4n) is 2.61. The molecule has 2 aromatic carbocycles. The maximum absolute atomic E-state index is 12.3. The number of carbonyl (C=O) groups excluding carboxylic acids is 1. The van der Waals surface area contributed by atoms with Crippen LogP contribution in [-0.4, -0.2) is 45.5 Å². The van der Waals surface area contributed by atoms with Gasteiger partial charge in [0, 0.05) is 23.1 Å². The van der Waals surface area contributed by atoms with Gasteiger partial charge < -0.3 is 10.1 Å². The fourth-order valence-corrected chi connectivity index (χ4v) is 4.61. The van der Waals surface area contributed by atoms with Gasteiger partial charge in [0.05, 0.1) is 18.0 Å². The Morgan fingerprint density at radius 3 is 2.43 bits per heavy atom. The summed E-state index contributed by atoms with van der Waals surface area (Å²) in [5.41, 5.74) is 1.46. The van der Waals surface area contributed by atoms with Crippen molar-refractivity contribution in [3.8, 4) is 5.75 Å². The zero-order valence-electron chi connectivity index (χ0n) is 17.3. The molecule has 0 bridgehead atoms. The number of halogens is 1. The second kappa shape index (κ2) is 11.5. The fraction of sp³-hybridized carbons (Fsp3) is 0.381. The number of benzene rings is 2. The molecule has 0 heterocycles. The van der Waals surface area contributed by atoms with Gasteiger partial charge in [-0.05, 0) is 49.7 Å². The molecule has 0 aliphatic carbocycles. The maximum atomic E-state index is 12.3. The lowest BCUT2D eigenvalue weighted by Crippen LogP contribution is -2.41. The number of sulfonamides is 1. The van der Waals surface area contributed by atoms with Crippen molar-refractivity contribution in [1.29, 1.82) is 0 Å². The second-order valence-electron chi connectivity index (χ2n) is 6.92. The smallest absolute Gasteiger partial charge is 0.240 e. The molecule has 0 aliphatic heterocycles. The van der Waals surface area contributed by atoms with E-state index in [1.807, 2.05) is 38.1 Å². The number of anilines is 1. The van der Waals surface area contributed by atoms with E-state index >= 15 is 0 Å². The first-order chi connectivity index (χ1) is 14.2. The highest BCUT2D eigenvalue weighted by molar-refractivity contribution is 7.98. The lowest BCUT2D eigenvalue weighted by Gasteiger charge is -2.22. The SMILES string of the molecule is CC(C)Oc1ccc(N(CC(=O)NCCSCc2ccccc2Cl)S(C)(=O)=O)cc1. The van der Waals surface area contributed by atoms with E-state index in [9.17, 15) is 13.2 Å². The summed E-state index contributed by atoms with van der Waals surface area (Å²) in [4.78, 5) is 12.3. The molecule has 0 saturated carbocycles. The lowest BCUT2D eigenvalue weighted by molar-refractivity contribution is -0.119. The first kappa shape index (κ1) is 24.4. The van der Waals surface area contributed by atoms with Crippen LogP contribution in [-0.2, 0) is 20.6 Å². The molecule has 30 heavy (non-hydrogen) atoms. The van der Waals surface area contributed by atoms with Crippen LogP contribution in [0.25, 0.3) is 0 Å². The monoisotopic (exact) mass is 470 g/mol. The molecule has 0 spiro atoms. The average molecular weight is 471 g/mol. The van der Waals surface area contributed by atoms with Crippen molar-refractivity contribution in [2.24, 2.45) is 0 Å². The lowest BCUT2D eigenvalue weighted by atomic mass is 10.2. The van der Waals surface area contributed by atoms with Gasteiger partial charge in [0.2, 0.25) is 15.9 Å². The number of amides is 1. The van der Waals surface area contributed by atoms with Crippen LogP contribution in [0.1, 0.15) is 19.4 Å². The van der Waals surface area contributed by atoms with Gasteiger partial charge in [-0.15, -0.1) is 0 Å². The van der Waals surface area contributed by atoms with Gasteiger partial charge in [-0.3, -0.25) is 9.10 Å². The largest absolute Gasteiger partial charge is 0.491 e. The molecular formula is C21H27ClN2O4S2. The number of carbonyl (C=O) groups is 1. The molecule has 0 saturated heterocycles. The van der Waals surface area contributed by atoms with Crippen molar-refractivity contribution in [2.75, 3.05) is 29.4 Å². The third-order valence-corrected chi connectivity index (χ3v) is 6.49. The number of ether oxygens (including phenoxy) is 1. The summed E-state index contributed by atoms with van der Waals surface area (Å²) in [5, 5.41) is 3.49. The van der Waals surface area contributed by atoms with Crippen LogP contribution in [0.15, 0.2) is 48.5 Å². The molecule has 9 heteroatoms. The van der Waals surface area contributed by atoms with E-state index in [1.165, 1.54) is 0 Å². The van der Waals surface area contributed by atoms with Gasteiger partial charge >= 0.3 is 0 Å². The van der Waals surface area contributed by atoms with Crippen LogP contribution in [0.2, 0.25) is 5.02 Å². The average Bonchev–Trinajstić information content (AvgIpc) is 2.67. The Morgan fingerprint density at radius 2 is 1.83 bits per heavy atom. The van der Waals surface area contributed by atoms with Crippen LogP contribution in [0.5, 0.6) is 5.75 Å². The number of hydrogen-bond acceptors (Lipinski definition) is 5. The Morgan fingerprint density at radius 1 is 1.17 bits per heavy atom. The number of hydrogen-bond donors (Lipinski definition) is 1. The van der Waals surface area contributed by atoms with Gasteiger partial charge in [-0.2, -0.15) is 11.8 Å². The molecular weight excluding hydrogens is 444 g/mol. The van der Waals surface area contributed by atoms with Gasteiger partial charge in [0.15, 0.2) is 0 Å².